The Morgan fingerprint density at radius 2 is 2.10 bits per heavy atom. The van der Waals surface area contributed by atoms with Gasteiger partial charge in [0.2, 0.25) is 0 Å². The van der Waals surface area contributed by atoms with Crippen molar-refractivity contribution < 1.29 is 0 Å². The summed E-state index contributed by atoms with van der Waals surface area (Å²) in [5.41, 5.74) is 3.18. The van der Waals surface area contributed by atoms with Crippen LogP contribution in [-0.2, 0) is 0 Å². The maximum Gasteiger partial charge on any atom is 0.156 e. The molecule has 4 rings (SSSR count). The number of fused-ring (bicyclic) bond motifs is 1. The number of pyridine rings is 1. The Morgan fingerprint density at radius 3 is 2.90 bits per heavy atom. The summed E-state index contributed by atoms with van der Waals surface area (Å²) in [4.78, 5) is 16.0. The van der Waals surface area contributed by atoms with E-state index in [4.69, 9.17) is 0 Å². The van der Waals surface area contributed by atoms with E-state index in [0.717, 1.165) is 48.6 Å². The Balaban J connectivity index is 1.85. The van der Waals surface area contributed by atoms with E-state index in [0.29, 0.717) is 0 Å². The van der Waals surface area contributed by atoms with Crippen molar-refractivity contribution >= 4 is 28.2 Å². The van der Waals surface area contributed by atoms with Crippen molar-refractivity contribution in [3.05, 3.63) is 30.0 Å². The molecule has 0 aliphatic carbocycles. The summed E-state index contributed by atoms with van der Waals surface area (Å²) >= 11 is 1.72. The minimum absolute atomic E-state index is 0.970. The molecule has 20 heavy (non-hydrogen) atoms. The maximum atomic E-state index is 4.68. The number of thiophene rings is 1. The number of anilines is 1. The van der Waals surface area contributed by atoms with Gasteiger partial charge in [0.05, 0.1) is 11.8 Å². The Kier molecular flexibility index (Phi) is 2.90. The van der Waals surface area contributed by atoms with Crippen molar-refractivity contribution in [2.75, 3.05) is 31.1 Å². The van der Waals surface area contributed by atoms with E-state index in [1.54, 1.807) is 17.7 Å². The Labute approximate surface area is 120 Å². The van der Waals surface area contributed by atoms with E-state index in [-0.39, 0.29) is 0 Å². The summed E-state index contributed by atoms with van der Waals surface area (Å²) in [5.74, 6) is 0.989. The highest BCUT2D eigenvalue weighted by Crippen LogP contribution is 2.33. The van der Waals surface area contributed by atoms with Gasteiger partial charge in [-0.15, -0.1) is 11.3 Å². The summed E-state index contributed by atoms with van der Waals surface area (Å²) in [7, 11) is 0. The molecule has 4 heterocycles. The summed E-state index contributed by atoms with van der Waals surface area (Å²) in [5, 5.41) is 5.45. The second-order valence-electron chi connectivity index (χ2n) is 4.84. The number of hydrogen-bond acceptors (Lipinski definition) is 5. The lowest BCUT2D eigenvalue weighted by atomic mass is 10.2. The normalized spacial score (nSPS) is 15.9. The van der Waals surface area contributed by atoms with Gasteiger partial charge in [0.15, 0.2) is 5.82 Å². The van der Waals surface area contributed by atoms with Gasteiger partial charge in [-0.3, -0.25) is 0 Å². The van der Waals surface area contributed by atoms with Gasteiger partial charge in [0.25, 0.3) is 0 Å². The minimum Gasteiger partial charge on any atom is -0.352 e. The van der Waals surface area contributed by atoms with Crippen LogP contribution in [0.5, 0.6) is 0 Å². The van der Waals surface area contributed by atoms with E-state index >= 15 is 0 Å². The van der Waals surface area contributed by atoms with Crippen molar-refractivity contribution in [1.82, 2.24) is 20.3 Å². The predicted octanol–water partition coefficient (Wildman–Crippen LogP) is 2.10. The zero-order valence-corrected chi connectivity index (χ0v) is 11.8. The second-order valence-corrected chi connectivity index (χ2v) is 5.78. The first-order valence-corrected chi connectivity index (χ1v) is 7.63. The van der Waals surface area contributed by atoms with E-state index in [9.17, 15) is 0 Å². The van der Waals surface area contributed by atoms with Crippen LogP contribution in [0.25, 0.3) is 21.5 Å². The Hall–Kier alpha value is -1.92. The Morgan fingerprint density at radius 1 is 1.20 bits per heavy atom. The van der Waals surface area contributed by atoms with E-state index in [1.807, 2.05) is 6.20 Å². The molecule has 2 N–H and O–H groups in total. The molecule has 3 aromatic heterocycles. The number of H-pyrrole nitrogens is 1. The zero-order chi connectivity index (χ0) is 13.4. The van der Waals surface area contributed by atoms with Crippen LogP contribution in [0.4, 0.5) is 5.82 Å². The van der Waals surface area contributed by atoms with Crippen molar-refractivity contribution in [3.8, 4) is 10.4 Å². The molecular formula is C14H15N5S. The average Bonchev–Trinajstić information content (AvgIpc) is 3.18. The SMILES string of the molecule is c1csc(-c2cnc(N3CCNCC3)c3nc[nH]c23)c1. The molecule has 0 aromatic carbocycles. The topological polar surface area (TPSA) is 56.8 Å². The van der Waals surface area contributed by atoms with Crippen LogP contribution in [0.15, 0.2) is 30.0 Å². The molecule has 0 saturated carbocycles. The smallest absolute Gasteiger partial charge is 0.156 e. The number of nitrogens with zero attached hydrogens (tertiary/aromatic N) is 3. The van der Waals surface area contributed by atoms with E-state index < -0.39 is 0 Å². The van der Waals surface area contributed by atoms with E-state index in [2.05, 4.69) is 42.7 Å². The van der Waals surface area contributed by atoms with Gasteiger partial charge in [0, 0.05) is 42.8 Å². The molecular weight excluding hydrogens is 270 g/mol. The van der Waals surface area contributed by atoms with Crippen LogP contribution in [0.2, 0.25) is 0 Å². The number of aromatic nitrogens is 3. The maximum absolute atomic E-state index is 4.68. The van der Waals surface area contributed by atoms with Crippen molar-refractivity contribution in [1.29, 1.82) is 0 Å². The second kappa shape index (κ2) is 4.88. The van der Waals surface area contributed by atoms with Gasteiger partial charge in [-0.25, -0.2) is 9.97 Å². The molecule has 102 valence electrons. The van der Waals surface area contributed by atoms with Crippen molar-refractivity contribution in [2.45, 2.75) is 0 Å². The highest BCUT2D eigenvalue weighted by atomic mass is 32.1. The van der Waals surface area contributed by atoms with Crippen LogP contribution < -0.4 is 10.2 Å². The van der Waals surface area contributed by atoms with Crippen LogP contribution in [0.3, 0.4) is 0 Å². The van der Waals surface area contributed by atoms with Gasteiger partial charge < -0.3 is 15.2 Å². The highest BCUT2D eigenvalue weighted by molar-refractivity contribution is 7.13. The summed E-state index contributed by atoms with van der Waals surface area (Å²) in [6.45, 7) is 3.96. The molecule has 3 aromatic rings. The molecule has 1 aliphatic heterocycles. The Bertz CT molecular complexity index is 712. The first kappa shape index (κ1) is 11.9. The lowest BCUT2D eigenvalue weighted by molar-refractivity contribution is 0.586. The third kappa shape index (κ3) is 1.88. The first-order chi connectivity index (χ1) is 9.93. The molecule has 6 heteroatoms. The lowest BCUT2D eigenvalue weighted by Gasteiger charge is -2.28. The molecule has 0 spiro atoms. The van der Waals surface area contributed by atoms with Gasteiger partial charge in [0.1, 0.15) is 5.52 Å². The summed E-state index contributed by atoms with van der Waals surface area (Å²) < 4.78 is 0. The number of aromatic amines is 1. The lowest BCUT2D eigenvalue weighted by Crippen LogP contribution is -2.44. The first-order valence-electron chi connectivity index (χ1n) is 6.75. The number of hydrogen-bond donors (Lipinski definition) is 2. The predicted molar refractivity (Wildman–Crippen MR) is 82.3 cm³/mol. The van der Waals surface area contributed by atoms with Crippen molar-refractivity contribution in [2.24, 2.45) is 0 Å². The number of rotatable bonds is 2. The molecule has 5 nitrogen and oxygen atoms in total. The number of nitrogens with one attached hydrogen (secondary N) is 2. The molecule has 0 amide bonds. The third-order valence-corrected chi connectivity index (χ3v) is 4.54. The standard InChI is InChI=1S/C14H15N5S/c1-2-11(20-7-1)10-8-16-14(13-12(10)17-9-18-13)19-5-3-15-4-6-19/h1-2,7-9,15H,3-6H2,(H,17,18). The van der Waals surface area contributed by atoms with Crippen LogP contribution in [0.1, 0.15) is 0 Å². The van der Waals surface area contributed by atoms with Gasteiger partial charge in [-0.1, -0.05) is 6.07 Å². The third-order valence-electron chi connectivity index (χ3n) is 3.64. The van der Waals surface area contributed by atoms with Crippen LogP contribution in [-0.4, -0.2) is 41.1 Å². The van der Waals surface area contributed by atoms with Crippen LogP contribution in [0, 0.1) is 0 Å². The van der Waals surface area contributed by atoms with Gasteiger partial charge >= 0.3 is 0 Å². The highest BCUT2D eigenvalue weighted by Gasteiger charge is 2.18. The monoisotopic (exact) mass is 285 g/mol. The van der Waals surface area contributed by atoms with Crippen LogP contribution >= 0.6 is 11.3 Å². The van der Waals surface area contributed by atoms with E-state index in [1.165, 1.54) is 4.88 Å². The van der Waals surface area contributed by atoms with Crippen molar-refractivity contribution in [3.63, 3.8) is 0 Å². The van der Waals surface area contributed by atoms with Gasteiger partial charge in [-0.05, 0) is 11.4 Å². The fourth-order valence-corrected chi connectivity index (χ4v) is 3.39. The molecule has 0 radical (unpaired) electrons. The number of piperazine rings is 1. The summed E-state index contributed by atoms with van der Waals surface area (Å²) in [6.07, 6.45) is 3.72. The number of imidazole rings is 1. The molecule has 0 bridgehead atoms. The fraction of sp³-hybridized carbons (Fsp3) is 0.286. The minimum atomic E-state index is 0.970. The molecule has 1 saturated heterocycles. The quantitative estimate of drug-likeness (QED) is 0.757. The molecule has 0 unspecified atom stereocenters. The molecule has 1 aliphatic rings. The summed E-state index contributed by atoms with van der Waals surface area (Å²) in [6, 6.07) is 4.18. The largest absolute Gasteiger partial charge is 0.352 e. The van der Waals surface area contributed by atoms with Gasteiger partial charge in [-0.2, -0.15) is 0 Å². The zero-order valence-electron chi connectivity index (χ0n) is 11.0. The molecule has 1 fully saturated rings. The average molecular weight is 285 g/mol. The fourth-order valence-electron chi connectivity index (χ4n) is 2.65. The molecule has 0 atom stereocenters.